The zero-order valence-electron chi connectivity index (χ0n) is 11.4. The summed E-state index contributed by atoms with van der Waals surface area (Å²) < 4.78 is 5.94. The van der Waals surface area contributed by atoms with Gasteiger partial charge in [0.05, 0.1) is 24.1 Å². The Kier molecular flexibility index (Phi) is 5.11. The van der Waals surface area contributed by atoms with Gasteiger partial charge in [0.1, 0.15) is 0 Å². The summed E-state index contributed by atoms with van der Waals surface area (Å²) >= 11 is 0. The van der Waals surface area contributed by atoms with E-state index in [9.17, 15) is 0 Å². The Morgan fingerprint density at radius 3 is 2.78 bits per heavy atom. The minimum absolute atomic E-state index is 0.399. The molecule has 18 heavy (non-hydrogen) atoms. The van der Waals surface area contributed by atoms with Crippen molar-refractivity contribution < 1.29 is 4.74 Å². The molecule has 2 rings (SSSR count). The van der Waals surface area contributed by atoms with Crippen molar-refractivity contribution in [3.63, 3.8) is 0 Å². The summed E-state index contributed by atoms with van der Waals surface area (Å²) in [6.07, 6.45) is 2.66. The van der Waals surface area contributed by atoms with Gasteiger partial charge in [-0.2, -0.15) is 0 Å². The SMILES string of the molecule is CNCc1cccc(COC2CCN(C)CC2)n1. The van der Waals surface area contributed by atoms with E-state index in [-0.39, 0.29) is 0 Å². The molecule has 0 atom stereocenters. The maximum Gasteiger partial charge on any atom is 0.0891 e. The molecule has 1 aromatic heterocycles. The first-order valence-electron chi connectivity index (χ1n) is 6.67. The van der Waals surface area contributed by atoms with Gasteiger partial charge in [0.25, 0.3) is 0 Å². The fourth-order valence-corrected chi connectivity index (χ4v) is 2.24. The van der Waals surface area contributed by atoms with Gasteiger partial charge in [-0.15, -0.1) is 0 Å². The van der Waals surface area contributed by atoms with Crippen LogP contribution in [-0.4, -0.2) is 43.2 Å². The van der Waals surface area contributed by atoms with E-state index in [0.717, 1.165) is 43.9 Å². The summed E-state index contributed by atoms with van der Waals surface area (Å²) in [6, 6.07) is 6.12. The highest BCUT2D eigenvalue weighted by Gasteiger charge is 2.17. The number of aromatic nitrogens is 1. The molecular weight excluding hydrogens is 226 g/mol. The minimum atomic E-state index is 0.399. The summed E-state index contributed by atoms with van der Waals surface area (Å²) in [5.74, 6) is 0. The van der Waals surface area contributed by atoms with Gasteiger partial charge in [0.15, 0.2) is 0 Å². The second-order valence-electron chi connectivity index (χ2n) is 4.96. The average molecular weight is 249 g/mol. The Morgan fingerprint density at radius 2 is 2.06 bits per heavy atom. The van der Waals surface area contributed by atoms with Crippen molar-refractivity contribution in [2.45, 2.75) is 32.1 Å². The van der Waals surface area contributed by atoms with E-state index in [4.69, 9.17) is 4.74 Å². The first-order valence-corrected chi connectivity index (χ1v) is 6.67. The Hall–Kier alpha value is -0.970. The van der Waals surface area contributed by atoms with E-state index in [1.165, 1.54) is 0 Å². The molecule has 0 bridgehead atoms. The van der Waals surface area contributed by atoms with Crippen LogP contribution >= 0.6 is 0 Å². The fraction of sp³-hybridized carbons (Fsp3) is 0.643. The molecule has 100 valence electrons. The van der Waals surface area contributed by atoms with Gasteiger partial charge in [0.2, 0.25) is 0 Å². The van der Waals surface area contributed by atoms with E-state index in [2.05, 4.69) is 22.2 Å². The van der Waals surface area contributed by atoms with Crippen molar-refractivity contribution in [2.24, 2.45) is 0 Å². The van der Waals surface area contributed by atoms with Crippen molar-refractivity contribution in [2.75, 3.05) is 27.2 Å². The summed E-state index contributed by atoms with van der Waals surface area (Å²) in [5.41, 5.74) is 2.10. The fourth-order valence-electron chi connectivity index (χ4n) is 2.24. The molecule has 4 nitrogen and oxygen atoms in total. The van der Waals surface area contributed by atoms with Crippen LogP contribution in [0.3, 0.4) is 0 Å². The van der Waals surface area contributed by atoms with Crippen molar-refractivity contribution >= 4 is 0 Å². The van der Waals surface area contributed by atoms with Crippen molar-refractivity contribution in [3.8, 4) is 0 Å². The molecule has 0 radical (unpaired) electrons. The smallest absolute Gasteiger partial charge is 0.0891 e. The third-order valence-corrected chi connectivity index (χ3v) is 3.35. The number of nitrogens with zero attached hydrogens (tertiary/aromatic N) is 2. The molecule has 0 amide bonds. The molecule has 4 heteroatoms. The van der Waals surface area contributed by atoms with Crippen LogP contribution in [0.25, 0.3) is 0 Å². The van der Waals surface area contributed by atoms with Gasteiger partial charge in [0, 0.05) is 19.6 Å². The molecule has 1 aromatic rings. The number of likely N-dealkylation sites (tertiary alicyclic amines) is 1. The summed E-state index contributed by atoms with van der Waals surface area (Å²) in [6.45, 7) is 3.71. The first-order chi connectivity index (χ1) is 8.78. The minimum Gasteiger partial charge on any atom is -0.372 e. The lowest BCUT2D eigenvalue weighted by atomic mass is 10.1. The van der Waals surface area contributed by atoms with Crippen molar-refractivity contribution in [1.82, 2.24) is 15.2 Å². The third-order valence-electron chi connectivity index (χ3n) is 3.35. The highest BCUT2D eigenvalue weighted by Crippen LogP contribution is 2.14. The lowest BCUT2D eigenvalue weighted by Gasteiger charge is -2.28. The van der Waals surface area contributed by atoms with Gasteiger partial charge in [-0.05, 0) is 39.1 Å². The van der Waals surface area contributed by atoms with Gasteiger partial charge in [-0.1, -0.05) is 6.07 Å². The molecule has 0 saturated carbocycles. The normalized spacial score (nSPS) is 18.1. The Labute approximate surface area is 109 Å². The van der Waals surface area contributed by atoms with Gasteiger partial charge >= 0.3 is 0 Å². The molecule has 1 aliphatic heterocycles. The van der Waals surface area contributed by atoms with E-state index in [1.54, 1.807) is 0 Å². The average Bonchev–Trinajstić information content (AvgIpc) is 2.39. The Balaban J connectivity index is 1.80. The van der Waals surface area contributed by atoms with Crippen LogP contribution in [0.5, 0.6) is 0 Å². The summed E-state index contributed by atoms with van der Waals surface area (Å²) in [5, 5.41) is 3.11. The van der Waals surface area contributed by atoms with E-state index in [0.29, 0.717) is 12.7 Å². The van der Waals surface area contributed by atoms with Crippen molar-refractivity contribution in [1.29, 1.82) is 0 Å². The number of pyridine rings is 1. The second kappa shape index (κ2) is 6.83. The highest BCUT2D eigenvalue weighted by molar-refractivity contribution is 5.10. The quantitative estimate of drug-likeness (QED) is 0.856. The summed E-state index contributed by atoms with van der Waals surface area (Å²) in [4.78, 5) is 6.92. The van der Waals surface area contributed by atoms with Crippen LogP contribution < -0.4 is 5.32 Å². The van der Waals surface area contributed by atoms with Gasteiger partial charge < -0.3 is 15.0 Å². The van der Waals surface area contributed by atoms with Crippen LogP contribution in [-0.2, 0) is 17.9 Å². The second-order valence-corrected chi connectivity index (χ2v) is 4.96. The predicted molar refractivity (Wildman–Crippen MR) is 72.3 cm³/mol. The predicted octanol–water partition coefficient (Wildman–Crippen LogP) is 1.41. The Morgan fingerprint density at radius 1 is 1.33 bits per heavy atom. The van der Waals surface area contributed by atoms with E-state index < -0.39 is 0 Å². The lowest BCUT2D eigenvalue weighted by molar-refractivity contribution is 0.000696. The Bertz CT molecular complexity index is 362. The number of piperidine rings is 1. The molecule has 0 spiro atoms. The topological polar surface area (TPSA) is 37.4 Å². The van der Waals surface area contributed by atoms with Gasteiger partial charge in [-0.25, -0.2) is 0 Å². The standard InChI is InChI=1S/C14H23N3O/c1-15-10-12-4-3-5-13(16-12)11-18-14-6-8-17(2)9-7-14/h3-5,14-15H,6-11H2,1-2H3. The van der Waals surface area contributed by atoms with Gasteiger partial charge in [-0.3, -0.25) is 4.98 Å². The maximum absolute atomic E-state index is 5.94. The van der Waals surface area contributed by atoms with Crippen molar-refractivity contribution in [3.05, 3.63) is 29.6 Å². The molecule has 1 fully saturated rings. The monoisotopic (exact) mass is 249 g/mol. The number of nitrogens with one attached hydrogen (secondary N) is 1. The van der Waals surface area contributed by atoms with E-state index >= 15 is 0 Å². The zero-order valence-corrected chi connectivity index (χ0v) is 11.4. The van der Waals surface area contributed by atoms with Crippen LogP contribution in [0.2, 0.25) is 0 Å². The van der Waals surface area contributed by atoms with Crippen LogP contribution in [0.15, 0.2) is 18.2 Å². The molecular formula is C14H23N3O. The molecule has 1 saturated heterocycles. The molecule has 0 unspecified atom stereocenters. The van der Waals surface area contributed by atoms with Crippen LogP contribution in [0, 0.1) is 0 Å². The molecule has 1 N–H and O–H groups in total. The van der Waals surface area contributed by atoms with E-state index in [1.807, 2.05) is 25.2 Å². The zero-order chi connectivity index (χ0) is 12.8. The number of hydrogen-bond acceptors (Lipinski definition) is 4. The largest absolute Gasteiger partial charge is 0.372 e. The third kappa shape index (κ3) is 4.05. The molecule has 1 aliphatic rings. The number of ether oxygens (including phenoxy) is 1. The lowest BCUT2D eigenvalue weighted by Crippen LogP contribution is -2.34. The molecule has 2 heterocycles. The molecule has 0 aromatic carbocycles. The highest BCUT2D eigenvalue weighted by atomic mass is 16.5. The summed E-state index contributed by atoms with van der Waals surface area (Å²) in [7, 11) is 4.10. The van der Waals surface area contributed by atoms with Crippen LogP contribution in [0.1, 0.15) is 24.2 Å². The number of rotatable bonds is 5. The maximum atomic E-state index is 5.94. The molecule has 0 aliphatic carbocycles. The first kappa shape index (κ1) is 13.5. The number of hydrogen-bond donors (Lipinski definition) is 1. The van der Waals surface area contributed by atoms with Crippen LogP contribution in [0.4, 0.5) is 0 Å².